The minimum absolute atomic E-state index is 0.315. The second-order valence-electron chi connectivity index (χ2n) is 10.3. The Balaban J connectivity index is 1.29. The Labute approximate surface area is 222 Å². The molecule has 8 heteroatoms. The van der Waals surface area contributed by atoms with Crippen LogP contribution in [-0.2, 0) is 0 Å². The van der Waals surface area contributed by atoms with Gasteiger partial charge in [-0.05, 0) is 74.9 Å². The number of aliphatic hydroxyl groups excluding tert-OH is 1. The normalized spacial score (nSPS) is 18.2. The third-order valence-corrected chi connectivity index (χ3v) is 7.41. The van der Waals surface area contributed by atoms with Crippen LogP contribution in [0.15, 0.2) is 60.9 Å². The predicted octanol–water partition coefficient (Wildman–Crippen LogP) is 5.14. The molecule has 6 rings (SSSR count). The van der Waals surface area contributed by atoms with Gasteiger partial charge in [0.25, 0.3) is 0 Å². The minimum atomic E-state index is -0.316. The summed E-state index contributed by atoms with van der Waals surface area (Å²) in [6.45, 7) is 4.55. The van der Waals surface area contributed by atoms with Crippen LogP contribution in [0.25, 0.3) is 22.0 Å². The molecule has 1 saturated heterocycles. The van der Waals surface area contributed by atoms with Crippen LogP contribution in [0.4, 0.5) is 11.6 Å². The number of rotatable bonds is 9. The van der Waals surface area contributed by atoms with E-state index in [2.05, 4.69) is 44.1 Å². The van der Waals surface area contributed by atoms with E-state index < -0.39 is 0 Å². The topological polar surface area (TPSA) is 104 Å². The van der Waals surface area contributed by atoms with Gasteiger partial charge in [0.2, 0.25) is 11.8 Å². The molecular weight excluding hydrogens is 476 g/mol. The van der Waals surface area contributed by atoms with Gasteiger partial charge in [0.1, 0.15) is 5.75 Å². The first kappa shape index (κ1) is 24.6. The second-order valence-corrected chi connectivity index (χ2v) is 10.3. The molecule has 1 aliphatic heterocycles. The third kappa shape index (κ3) is 5.42. The van der Waals surface area contributed by atoms with Crippen molar-refractivity contribution in [1.29, 1.82) is 0 Å². The molecule has 38 heavy (non-hydrogen) atoms. The number of nitrogens with zero attached hydrogens (tertiary/aromatic N) is 3. The van der Waals surface area contributed by atoms with Gasteiger partial charge in [-0.25, -0.2) is 15.0 Å². The van der Waals surface area contributed by atoms with E-state index in [1.165, 1.54) is 0 Å². The highest BCUT2D eigenvalue weighted by atomic mass is 16.5. The molecule has 2 fully saturated rings. The van der Waals surface area contributed by atoms with Crippen LogP contribution >= 0.6 is 0 Å². The van der Waals surface area contributed by atoms with E-state index in [4.69, 9.17) is 9.72 Å². The van der Waals surface area contributed by atoms with E-state index in [0.29, 0.717) is 30.3 Å². The molecule has 0 spiro atoms. The van der Waals surface area contributed by atoms with Gasteiger partial charge in [-0.1, -0.05) is 24.3 Å². The Morgan fingerprint density at radius 3 is 2.79 bits per heavy atom. The number of ether oxygens (including phenoxy) is 1. The zero-order chi connectivity index (χ0) is 25.9. The van der Waals surface area contributed by atoms with Crippen molar-refractivity contribution < 1.29 is 9.84 Å². The van der Waals surface area contributed by atoms with Crippen molar-refractivity contribution in [1.82, 2.24) is 20.3 Å². The Bertz CT molecular complexity index is 1420. The maximum atomic E-state index is 10.4. The van der Waals surface area contributed by atoms with Crippen LogP contribution < -0.4 is 20.7 Å². The number of aromatic nitrogens is 3. The molecule has 2 aromatic carbocycles. The fourth-order valence-electron chi connectivity index (χ4n) is 5.09. The smallest absolute Gasteiger partial charge is 0.228 e. The fraction of sp³-hybridized carbons (Fsp3) is 0.367. The van der Waals surface area contributed by atoms with E-state index in [1.54, 1.807) is 12.4 Å². The lowest BCUT2D eigenvalue weighted by molar-refractivity contribution is 0.164. The number of hydrogen-bond donors (Lipinski definition) is 4. The molecule has 4 N–H and O–H groups in total. The number of nitrogens with one attached hydrogen (secondary N) is 3. The highest BCUT2D eigenvalue weighted by molar-refractivity contribution is 5.98. The van der Waals surface area contributed by atoms with Gasteiger partial charge in [0.15, 0.2) is 0 Å². The summed E-state index contributed by atoms with van der Waals surface area (Å²) >= 11 is 0. The van der Waals surface area contributed by atoms with Gasteiger partial charge < -0.3 is 25.8 Å². The zero-order valence-electron chi connectivity index (χ0n) is 21.7. The largest absolute Gasteiger partial charge is 0.437 e. The number of pyridine rings is 1. The molecule has 1 unspecified atom stereocenters. The van der Waals surface area contributed by atoms with E-state index >= 15 is 0 Å². The van der Waals surface area contributed by atoms with Crippen molar-refractivity contribution in [3.8, 4) is 22.9 Å². The Hall–Kier alpha value is -3.75. The predicted molar refractivity (Wildman–Crippen MR) is 151 cm³/mol. The van der Waals surface area contributed by atoms with E-state index in [1.807, 2.05) is 37.3 Å². The second kappa shape index (κ2) is 10.9. The summed E-state index contributed by atoms with van der Waals surface area (Å²) in [5.41, 5.74) is 3.55. The monoisotopic (exact) mass is 510 g/mol. The first-order valence-electron chi connectivity index (χ1n) is 13.5. The molecule has 8 nitrogen and oxygen atoms in total. The lowest BCUT2D eigenvalue weighted by Crippen LogP contribution is -2.38. The highest BCUT2D eigenvalue weighted by Crippen LogP contribution is 2.39. The molecule has 1 aliphatic carbocycles. The van der Waals surface area contributed by atoms with Crippen LogP contribution in [0.2, 0.25) is 0 Å². The molecule has 0 amide bonds. The van der Waals surface area contributed by atoms with Crippen LogP contribution in [0.1, 0.15) is 31.2 Å². The molecule has 2 atom stereocenters. The van der Waals surface area contributed by atoms with Gasteiger partial charge >= 0.3 is 0 Å². The van der Waals surface area contributed by atoms with Crippen molar-refractivity contribution in [2.75, 3.05) is 30.3 Å². The third-order valence-electron chi connectivity index (χ3n) is 7.41. The van der Waals surface area contributed by atoms with Gasteiger partial charge in [0.05, 0.1) is 17.4 Å². The summed E-state index contributed by atoms with van der Waals surface area (Å²) in [4.78, 5) is 13.8. The maximum absolute atomic E-state index is 10.4. The van der Waals surface area contributed by atoms with Gasteiger partial charge in [0, 0.05) is 48.0 Å². The van der Waals surface area contributed by atoms with Gasteiger partial charge in [-0.15, -0.1) is 0 Å². The number of benzene rings is 2. The Morgan fingerprint density at radius 1 is 1.03 bits per heavy atom. The van der Waals surface area contributed by atoms with E-state index in [0.717, 1.165) is 77.8 Å². The summed E-state index contributed by atoms with van der Waals surface area (Å²) < 4.78 is 6.55. The molecule has 0 bridgehead atoms. The lowest BCUT2D eigenvalue weighted by Gasteiger charge is -2.23. The molecular formula is C30H34N6O2. The van der Waals surface area contributed by atoms with E-state index in [-0.39, 0.29) is 6.10 Å². The molecule has 2 aromatic heterocycles. The number of fused-ring (bicyclic) bond motifs is 1. The summed E-state index contributed by atoms with van der Waals surface area (Å²) in [6.07, 6.45) is 7.66. The number of hydrogen-bond acceptors (Lipinski definition) is 8. The standard InChI is InChI=1S/C30H34N6O2/c1-19-9-12-22-23(6-2-8-25(22)34-18-27(37)20-10-11-20)28(19)38-29-24(7-4-15-32-29)26-13-16-33-30(36-26)35-21-5-3-14-31-17-21/h2,4,6-9,12-13,15-16,20-21,27,31,34,37H,3,5,10-11,14,17-18H2,1H3,(H,33,35,36)/t21-,27?/m0/s1. The van der Waals surface area contributed by atoms with Gasteiger partial charge in [-0.3, -0.25) is 0 Å². The summed E-state index contributed by atoms with van der Waals surface area (Å²) in [7, 11) is 0. The Morgan fingerprint density at radius 2 is 1.95 bits per heavy atom. The van der Waals surface area contributed by atoms with Crippen LogP contribution in [0.3, 0.4) is 0 Å². The number of aryl methyl sites for hydroxylation is 1. The average molecular weight is 511 g/mol. The van der Waals surface area contributed by atoms with Gasteiger partial charge in [-0.2, -0.15) is 0 Å². The van der Waals surface area contributed by atoms with Crippen LogP contribution in [0.5, 0.6) is 11.6 Å². The van der Waals surface area contributed by atoms with Crippen molar-refractivity contribution in [3.05, 3.63) is 66.5 Å². The van der Waals surface area contributed by atoms with Crippen molar-refractivity contribution in [2.24, 2.45) is 5.92 Å². The number of piperidine rings is 1. The highest BCUT2D eigenvalue weighted by Gasteiger charge is 2.29. The van der Waals surface area contributed by atoms with Crippen molar-refractivity contribution in [3.63, 3.8) is 0 Å². The zero-order valence-corrected chi connectivity index (χ0v) is 21.7. The molecule has 4 aromatic rings. The minimum Gasteiger partial charge on any atom is -0.437 e. The molecule has 2 aliphatic rings. The lowest BCUT2D eigenvalue weighted by atomic mass is 10.0. The van der Waals surface area contributed by atoms with Crippen LogP contribution in [0, 0.1) is 12.8 Å². The fourth-order valence-corrected chi connectivity index (χ4v) is 5.09. The van der Waals surface area contributed by atoms with E-state index in [9.17, 15) is 5.11 Å². The number of anilines is 2. The molecule has 196 valence electrons. The molecule has 3 heterocycles. The number of aliphatic hydroxyl groups is 1. The maximum Gasteiger partial charge on any atom is 0.228 e. The summed E-state index contributed by atoms with van der Waals surface area (Å²) in [6, 6.07) is 16.4. The quantitative estimate of drug-likeness (QED) is 0.245. The first-order valence-corrected chi connectivity index (χ1v) is 13.5. The first-order chi connectivity index (χ1) is 18.7. The van der Waals surface area contributed by atoms with Crippen molar-refractivity contribution >= 4 is 22.4 Å². The summed E-state index contributed by atoms with van der Waals surface area (Å²) in [5, 5.41) is 22.7. The molecule has 1 saturated carbocycles. The SMILES string of the molecule is Cc1ccc2c(NCC(O)C3CC3)cccc2c1Oc1ncccc1-c1ccnc(N[C@H]2CCCNC2)n1. The molecule has 0 radical (unpaired) electrons. The summed E-state index contributed by atoms with van der Waals surface area (Å²) in [5.74, 6) is 2.29. The average Bonchev–Trinajstić information content (AvgIpc) is 3.80. The van der Waals surface area contributed by atoms with Crippen molar-refractivity contribution in [2.45, 2.75) is 44.8 Å². The Kier molecular flexibility index (Phi) is 7.07. The van der Waals surface area contributed by atoms with Crippen LogP contribution in [-0.4, -0.2) is 51.8 Å².